The smallest absolute Gasteiger partial charge is 0.343 e. The van der Waals surface area contributed by atoms with Crippen molar-refractivity contribution in [3.05, 3.63) is 101 Å². The second kappa shape index (κ2) is 13.3. The van der Waals surface area contributed by atoms with Crippen LogP contribution in [-0.4, -0.2) is 52.1 Å². The van der Waals surface area contributed by atoms with Crippen molar-refractivity contribution >= 4 is 29.7 Å². The van der Waals surface area contributed by atoms with Crippen molar-refractivity contribution < 1.29 is 42.8 Å². The highest BCUT2D eigenvalue weighted by molar-refractivity contribution is 6.06. The standard InChI is InChI=1S/C32H27N3O9/c1-39-27-15-22(16-28(40-2)29(27)41-3)30(36)34-23-9-6-8-19(13-23)31(37)35-33-17-21-7-4-5-10-24(21)44-32(38)20-11-12-25-26(14-20)43-18-42-25/h4-17H,18H2,1-3H3,(H,34,36)(H,35,37). The number of para-hydroxylation sites is 1. The number of hydrazone groups is 1. The van der Waals surface area contributed by atoms with Crippen molar-refractivity contribution in [2.45, 2.75) is 0 Å². The Balaban J connectivity index is 1.23. The van der Waals surface area contributed by atoms with E-state index in [2.05, 4.69) is 15.8 Å². The van der Waals surface area contributed by atoms with Crippen LogP contribution in [0.15, 0.2) is 84.0 Å². The van der Waals surface area contributed by atoms with Gasteiger partial charge in [0.15, 0.2) is 23.0 Å². The maximum absolute atomic E-state index is 13.0. The first-order valence-electron chi connectivity index (χ1n) is 13.2. The minimum Gasteiger partial charge on any atom is -0.493 e. The molecule has 2 amide bonds. The number of hydrogen-bond donors (Lipinski definition) is 2. The monoisotopic (exact) mass is 597 g/mol. The summed E-state index contributed by atoms with van der Waals surface area (Å²) in [6.07, 6.45) is 1.36. The number of nitrogens with one attached hydrogen (secondary N) is 2. The Bertz CT molecular complexity index is 1730. The maximum Gasteiger partial charge on any atom is 0.343 e. The van der Waals surface area contributed by atoms with Crippen molar-refractivity contribution in [2.24, 2.45) is 5.10 Å². The average molecular weight is 598 g/mol. The number of ether oxygens (including phenoxy) is 6. The lowest BCUT2D eigenvalue weighted by atomic mass is 10.1. The number of carbonyl (C=O) groups excluding carboxylic acids is 3. The van der Waals surface area contributed by atoms with Crippen LogP contribution in [-0.2, 0) is 0 Å². The molecule has 4 aromatic carbocycles. The van der Waals surface area contributed by atoms with E-state index in [1.54, 1.807) is 60.7 Å². The molecule has 44 heavy (non-hydrogen) atoms. The van der Waals surface area contributed by atoms with Gasteiger partial charge in [-0.3, -0.25) is 9.59 Å². The molecular weight excluding hydrogens is 570 g/mol. The van der Waals surface area contributed by atoms with E-state index in [1.807, 2.05) is 0 Å². The molecule has 1 aliphatic rings. The predicted molar refractivity (Wildman–Crippen MR) is 160 cm³/mol. The van der Waals surface area contributed by atoms with Gasteiger partial charge in [0.1, 0.15) is 5.75 Å². The number of benzene rings is 4. The lowest BCUT2D eigenvalue weighted by Gasteiger charge is -2.14. The van der Waals surface area contributed by atoms with Crippen LogP contribution < -0.4 is 39.2 Å². The molecule has 2 N–H and O–H groups in total. The summed E-state index contributed by atoms with van der Waals surface area (Å²) in [5.74, 6) is 0.684. The lowest BCUT2D eigenvalue weighted by Crippen LogP contribution is -2.18. The third-order valence-electron chi connectivity index (χ3n) is 6.41. The number of hydrogen-bond acceptors (Lipinski definition) is 10. The maximum atomic E-state index is 13.0. The summed E-state index contributed by atoms with van der Waals surface area (Å²) in [6, 6.07) is 20.9. The molecule has 0 aromatic heterocycles. The first-order chi connectivity index (χ1) is 21.4. The molecule has 0 radical (unpaired) electrons. The molecular formula is C32H27N3O9. The molecule has 12 nitrogen and oxygen atoms in total. The Labute approximate surface area is 252 Å². The van der Waals surface area contributed by atoms with Crippen LogP contribution in [0.25, 0.3) is 0 Å². The van der Waals surface area contributed by atoms with Gasteiger partial charge in [0, 0.05) is 22.4 Å². The topological polar surface area (TPSA) is 143 Å². The highest BCUT2D eigenvalue weighted by Gasteiger charge is 2.19. The van der Waals surface area contributed by atoms with E-state index < -0.39 is 17.8 Å². The molecule has 0 unspecified atom stereocenters. The average Bonchev–Trinajstić information content (AvgIpc) is 3.53. The van der Waals surface area contributed by atoms with E-state index in [0.29, 0.717) is 40.0 Å². The molecule has 0 atom stereocenters. The first kappa shape index (κ1) is 29.5. The fourth-order valence-electron chi connectivity index (χ4n) is 4.24. The third-order valence-corrected chi connectivity index (χ3v) is 6.41. The van der Waals surface area contributed by atoms with Gasteiger partial charge in [0.2, 0.25) is 12.5 Å². The van der Waals surface area contributed by atoms with Crippen molar-refractivity contribution in [2.75, 3.05) is 33.4 Å². The fraction of sp³-hybridized carbons (Fsp3) is 0.125. The highest BCUT2D eigenvalue weighted by Crippen LogP contribution is 2.38. The van der Waals surface area contributed by atoms with Gasteiger partial charge in [-0.25, -0.2) is 10.2 Å². The summed E-state index contributed by atoms with van der Waals surface area (Å²) >= 11 is 0. The number of esters is 1. The minimum atomic E-state index is -0.599. The van der Waals surface area contributed by atoms with Gasteiger partial charge < -0.3 is 33.7 Å². The Kier molecular flexibility index (Phi) is 8.90. The molecule has 1 heterocycles. The van der Waals surface area contributed by atoms with Gasteiger partial charge in [-0.15, -0.1) is 0 Å². The van der Waals surface area contributed by atoms with Crippen LogP contribution in [0.5, 0.6) is 34.5 Å². The van der Waals surface area contributed by atoms with Crippen LogP contribution >= 0.6 is 0 Å². The van der Waals surface area contributed by atoms with Gasteiger partial charge in [0.25, 0.3) is 11.8 Å². The number of anilines is 1. The number of methoxy groups -OCH3 is 3. The molecule has 224 valence electrons. The number of fused-ring (bicyclic) bond motifs is 1. The Morgan fingerprint density at radius 1 is 0.727 bits per heavy atom. The lowest BCUT2D eigenvalue weighted by molar-refractivity contribution is 0.0733. The van der Waals surface area contributed by atoms with Crippen LogP contribution in [0.2, 0.25) is 0 Å². The quantitative estimate of drug-likeness (QED) is 0.115. The first-order valence-corrected chi connectivity index (χ1v) is 13.2. The zero-order chi connectivity index (χ0) is 31.1. The van der Waals surface area contributed by atoms with E-state index in [0.717, 1.165) is 0 Å². The largest absolute Gasteiger partial charge is 0.493 e. The molecule has 0 saturated carbocycles. The van der Waals surface area contributed by atoms with Gasteiger partial charge in [0.05, 0.1) is 33.1 Å². The summed E-state index contributed by atoms with van der Waals surface area (Å²) < 4.78 is 32.1. The molecule has 12 heteroatoms. The van der Waals surface area contributed by atoms with Crippen LogP contribution in [0, 0.1) is 0 Å². The second-order valence-electron chi connectivity index (χ2n) is 9.14. The van der Waals surface area contributed by atoms with E-state index in [9.17, 15) is 14.4 Å². The molecule has 0 saturated heterocycles. The number of amides is 2. The van der Waals surface area contributed by atoms with Gasteiger partial charge in [-0.05, 0) is 60.7 Å². The second-order valence-corrected chi connectivity index (χ2v) is 9.14. The Morgan fingerprint density at radius 3 is 2.23 bits per heavy atom. The van der Waals surface area contributed by atoms with Crippen LogP contribution in [0.3, 0.4) is 0 Å². The van der Waals surface area contributed by atoms with Crippen LogP contribution in [0.1, 0.15) is 36.6 Å². The molecule has 0 aliphatic carbocycles. The SMILES string of the molecule is COc1cc(C(=O)Nc2cccc(C(=O)NN=Cc3ccccc3OC(=O)c3ccc4c(c3)OCO4)c2)cc(OC)c1OC. The van der Waals surface area contributed by atoms with E-state index in [-0.39, 0.29) is 29.2 Å². The zero-order valence-electron chi connectivity index (χ0n) is 23.9. The molecule has 1 aliphatic heterocycles. The van der Waals surface area contributed by atoms with E-state index in [1.165, 1.54) is 45.7 Å². The van der Waals surface area contributed by atoms with E-state index in [4.69, 9.17) is 28.4 Å². The highest BCUT2D eigenvalue weighted by atomic mass is 16.7. The molecule has 0 fully saturated rings. The Morgan fingerprint density at radius 2 is 1.48 bits per heavy atom. The van der Waals surface area contributed by atoms with Crippen molar-refractivity contribution in [3.8, 4) is 34.5 Å². The van der Waals surface area contributed by atoms with Crippen molar-refractivity contribution in [1.82, 2.24) is 5.43 Å². The summed E-state index contributed by atoms with van der Waals surface area (Å²) in [5.41, 5.74) is 4.06. The molecule has 0 spiro atoms. The van der Waals surface area contributed by atoms with Gasteiger partial charge in [-0.1, -0.05) is 18.2 Å². The molecule has 0 bridgehead atoms. The Hall–Kier alpha value is -6.04. The fourth-order valence-corrected chi connectivity index (χ4v) is 4.24. The summed E-state index contributed by atoms with van der Waals surface area (Å²) in [6.45, 7) is 0.0900. The summed E-state index contributed by atoms with van der Waals surface area (Å²) in [4.78, 5) is 38.5. The van der Waals surface area contributed by atoms with Crippen molar-refractivity contribution in [3.63, 3.8) is 0 Å². The number of rotatable bonds is 10. The molecule has 4 aromatic rings. The van der Waals surface area contributed by atoms with E-state index >= 15 is 0 Å². The molecule has 5 rings (SSSR count). The number of carbonyl (C=O) groups is 3. The number of nitrogens with zero attached hydrogens (tertiary/aromatic N) is 1. The minimum absolute atomic E-state index is 0.0900. The zero-order valence-corrected chi connectivity index (χ0v) is 23.9. The summed E-state index contributed by atoms with van der Waals surface area (Å²) in [7, 11) is 4.38. The van der Waals surface area contributed by atoms with Crippen LogP contribution in [0.4, 0.5) is 5.69 Å². The summed E-state index contributed by atoms with van der Waals surface area (Å²) in [5, 5.41) is 6.77. The van der Waals surface area contributed by atoms with Crippen molar-refractivity contribution in [1.29, 1.82) is 0 Å². The normalized spacial score (nSPS) is 11.5. The predicted octanol–water partition coefficient (Wildman–Crippen LogP) is 4.68. The third kappa shape index (κ3) is 6.54. The van der Waals surface area contributed by atoms with Gasteiger partial charge in [-0.2, -0.15) is 5.10 Å². The van der Waals surface area contributed by atoms with Gasteiger partial charge >= 0.3 is 5.97 Å².